The topological polar surface area (TPSA) is 58.4 Å². The molecule has 0 N–H and O–H groups in total. The van der Waals surface area contributed by atoms with E-state index in [4.69, 9.17) is 0 Å². The van der Waals surface area contributed by atoms with Gasteiger partial charge in [0.25, 0.3) is 0 Å². The summed E-state index contributed by atoms with van der Waals surface area (Å²) >= 11 is 0. The molecular formula is C15H26N4O2S. The van der Waals surface area contributed by atoms with Gasteiger partial charge >= 0.3 is 0 Å². The lowest BCUT2D eigenvalue weighted by Crippen LogP contribution is -2.45. The van der Waals surface area contributed by atoms with Crippen molar-refractivity contribution >= 4 is 10.0 Å². The lowest BCUT2D eigenvalue weighted by atomic mass is 10.1. The zero-order chi connectivity index (χ0) is 15.9. The van der Waals surface area contributed by atoms with Gasteiger partial charge < -0.3 is 4.57 Å². The predicted molar refractivity (Wildman–Crippen MR) is 86.3 cm³/mol. The van der Waals surface area contributed by atoms with Crippen LogP contribution in [-0.4, -0.2) is 65.7 Å². The molecule has 0 aromatic carbocycles. The summed E-state index contributed by atoms with van der Waals surface area (Å²) in [4.78, 5) is 7.20. The third kappa shape index (κ3) is 3.21. The molecule has 3 rings (SSSR count). The summed E-state index contributed by atoms with van der Waals surface area (Å²) < 4.78 is 26.9. The number of imidazole rings is 1. The van der Waals surface area contributed by atoms with Crippen molar-refractivity contribution in [2.24, 2.45) is 7.05 Å². The summed E-state index contributed by atoms with van der Waals surface area (Å²) in [6.45, 7) is 5.50. The summed E-state index contributed by atoms with van der Waals surface area (Å²) in [6, 6.07) is 0.518. The Labute approximate surface area is 133 Å². The SMILES string of the molecule is Cc1cn(C)c(C2CCN(C3CCN(S(C)(=O)=O)CC3)C2)n1. The fourth-order valence-electron chi connectivity index (χ4n) is 3.88. The molecule has 0 saturated carbocycles. The Kier molecular flexibility index (Phi) is 4.31. The van der Waals surface area contributed by atoms with E-state index in [2.05, 4.69) is 27.7 Å². The molecule has 1 aromatic rings. The second kappa shape index (κ2) is 5.94. The highest BCUT2D eigenvalue weighted by Crippen LogP contribution is 2.30. The van der Waals surface area contributed by atoms with Gasteiger partial charge in [-0.3, -0.25) is 4.90 Å². The zero-order valence-electron chi connectivity index (χ0n) is 13.7. The van der Waals surface area contributed by atoms with Crippen molar-refractivity contribution in [3.8, 4) is 0 Å². The molecule has 1 unspecified atom stereocenters. The van der Waals surface area contributed by atoms with Crippen molar-refractivity contribution in [1.29, 1.82) is 0 Å². The van der Waals surface area contributed by atoms with Crippen molar-refractivity contribution in [2.45, 2.75) is 38.1 Å². The molecule has 3 heterocycles. The number of nitrogens with zero attached hydrogens (tertiary/aromatic N) is 4. The van der Waals surface area contributed by atoms with Crippen LogP contribution < -0.4 is 0 Å². The van der Waals surface area contributed by atoms with Gasteiger partial charge in [0.1, 0.15) is 5.82 Å². The fourth-order valence-corrected chi connectivity index (χ4v) is 4.76. The molecule has 2 aliphatic heterocycles. The van der Waals surface area contributed by atoms with E-state index in [0.29, 0.717) is 25.0 Å². The second-order valence-electron chi connectivity index (χ2n) is 6.73. The average molecular weight is 326 g/mol. The number of sulfonamides is 1. The third-order valence-electron chi connectivity index (χ3n) is 5.03. The summed E-state index contributed by atoms with van der Waals surface area (Å²) in [7, 11) is -0.956. The Balaban J connectivity index is 1.59. The van der Waals surface area contributed by atoms with Crippen LogP contribution in [0.1, 0.15) is 36.7 Å². The molecule has 22 heavy (non-hydrogen) atoms. The van der Waals surface area contributed by atoms with Gasteiger partial charge in [0, 0.05) is 44.8 Å². The first kappa shape index (κ1) is 16.0. The van der Waals surface area contributed by atoms with Gasteiger partial charge in [0.2, 0.25) is 10.0 Å². The van der Waals surface area contributed by atoms with E-state index in [-0.39, 0.29) is 0 Å². The van der Waals surface area contributed by atoms with Crippen molar-refractivity contribution in [2.75, 3.05) is 32.4 Å². The highest BCUT2D eigenvalue weighted by molar-refractivity contribution is 7.88. The van der Waals surface area contributed by atoms with Crippen molar-refractivity contribution in [3.63, 3.8) is 0 Å². The molecule has 7 heteroatoms. The fraction of sp³-hybridized carbons (Fsp3) is 0.800. The first-order chi connectivity index (χ1) is 10.3. The molecule has 0 spiro atoms. The lowest BCUT2D eigenvalue weighted by molar-refractivity contribution is 0.166. The highest BCUT2D eigenvalue weighted by Gasteiger charge is 2.34. The molecule has 0 amide bonds. The van der Waals surface area contributed by atoms with Gasteiger partial charge in [-0.05, 0) is 32.7 Å². The maximum atomic E-state index is 11.6. The number of piperidine rings is 1. The molecule has 0 aliphatic carbocycles. The van der Waals surface area contributed by atoms with Crippen LogP contribution in [0, 0.1) is 6.92 Å². The Morgan fingerprint density at radius 2 is 1.86 bits per heavy atom. The average Bonchev–Trinajstić information content (AvgIpc) is 3.04. The van der Waals surface area contributed by atoms with E-state index < -0.39 is 10.0 Å². The molecular weight excluding hydrogens is 300 g/mol. The zero-order valence-corrected chi connectivity index (χ0v) is 14.5. The number of aryl methyl sites for hydroxylation is 2. The number of likely N-dealkylation sites (tertiary alicyclic amines) is 1. The van der Waals surface area contributed by atoms with Gasteiger partial charge in [0.15, 0.2) is 0 Å². The second-order valence-corrected chi connectivity index (χ2v) is 8.71. The van der Waals surface area contributed by atoms with Gasteiger partial charge in [-0.2, -0.15) is 0 Å². The van der Waals surface area contributed by atoms with Crippen molar-refractivity contribution in [1.82, 2.24) is 18.8 Å². The summed E-state index contributed by atoms with van der Waals surface area (Å²) in [5.74, 6) is 1.69. The summed E-state index contributed by atoms with van der Waals surface area (Å²) in [5.41, 5.74) is 1.08. The van der Waals surface area contributed by atoms with Gasteiger partial charge in [-0.1, -0.05) is 0 Å². The Bertz CT molecular complexity index is 632. The Hall–Kier alpha value is -0.920. The van der Waals surface area contributed by atoms with Crippen LogP contribution in [-0.2, 0) is 17.1 Å². The minimum absolute atomic E-state index is 0.506. The van der Waals surface area contributed by atoms with Crippen LogP contribution in [0.3, 0.4) is 0 Å². The predicted octanol–water partition coefficient (Wildman–Crippen LogP) is 0.942. The lowest BCUT2D eigenvalue weighted by Gasteiger charge is -2.35. The van der Waals surface area contributed by atoms with Crippen LogP contribution >= 0.6 is 0 Å². The maximum Gasteiger partial charge on any atom is 0.211 e. The van der Waals surface area contributed by atoms with Crippen LogP contribution in [0.2, 0.25) is 0 Å². The van der Waals surface area contributed by atoms with Gasteiger partial charge in [0.05, 0.1) is 11.9 Å². The summed E-state index contributed by atoms with van der Waals surface area (Å²) in [5, 5.41) is 0. The number of hydrogen-bond donors (Lipinski definition) is 0. The molecule has 2 saturated heterocycles. The quantitative estimate of drug-likeness (QED) is 0.829. The van der Waals surface area contributed by atoms with Crippen LogP contribution in [0.5, 0.6) is 0 Å². The van der Waals surface area contributed by atoms with Gasteiger partial charge in [-0.25, -0.2) is 17.7 Å². The standard InChI is InChI=1S/C15H26N4O2S/c1-12-10-17(2)15(16-12)13-4-7-18(11-13)14-5-8-19(9-6-14)22(3,20)21/h10,13-14H,4-9,11H2,1-3H3. The van der Waals surface area contributed by atoms with E-state index in [9.17, 15) is 8.42 Å². The molecule has 2 aliphatic rings. The Morgan fingerprint density at radius 3 is 2.41 bits per heavy atom. The largest absolute Gasteiger partial charge is 0.337 e. The normalized spacial score (nSPS) is 25.9. The van der Waals surface area contributed by atoms with Crippen LogP contribution in [0.25, 0.3) is 0 Å². The minimum atomic E-state index is -3.03. The van der Waals surface area contributed by atoms with Crippen molar-refractivity contribution in [3.05, 3.63) is 17.7 Å². The van der Waals surface area contributed by atoms with Crippen LogP contribution in [0.15, 0.2) is 6.20 Å². The first-order valence-electron chi connectivity index (χ1n) is 8.03. The number of rotatable bonds is 3. The van der Waals surface area contributed by atoms with Gasteiger partial charge in [-0.15, -0.1) is 0 Å². The van der Waals surface area contributed by atoms with E-state index in [1.165, 1.54) is 12.1 Å². The number of hydrogen-bond acceptors (Lipinski definition) is 4. The van der Waals surface area contributed by atoms with E-state index >= 15 is 0 Å². The molecule has 6 nitrogen and oxygen atoms in total. The highest BCUT2D eigenvalue weighted by atomic mass is 32.2. The molecule has 0 radical (unpaired) electrons. The smallest absolute Gasteiger partial charge is 0.211 e. The summed E-state index contributed by atoms with van der Waals surface area (Å²) in [6.07, 6.45) is 6.43. The van der Waals surface area contributed by atoms with E-state index in [1.807, 2.05) is 6.92 Å². The Morgan fingerprint density at radius 1 is 1.18 bits per heavy atom. The van der Waals surface area contributed by atoms with E-state index in [0.717, 1.165) is 38.0 Å². The van der Waals surface area contributed by atoms with Crippen molar-refractivity contribution < 1.29 is 8.42 Å². The van der Waals surface area contributed by atoms with Crippen LogP contribution in [0.4, 0.5) is 0 Å². The third-order valence-corrected chi connectivity index (χ3v) is 6.33. The molecule has 1 atom stereocenters. The molecule has 124 valence electrons. The molecule has 1 aromatic heterocycles. The monoisotopic (exact) mass is 326 g/mol. The minimum Gasteiger partial charge on any atom is -0.337 e. The first-order valence-corrected chi connectivity index (χ1v) is 9.88. The maximum absolute atomic E-state index is 11.6. The number of aromatic nitrogens is 2. The van der Waals surface area contributed by atoms with E-state index in [1.54, 1.807) is 4.31 Å². The molecule has 0 bridgehead atoms. The molecule has 2 fully saturated rings.